The smallest absolute Gasteiger partial charge is 0.231 e. The first-order valence-electron chi connectivity index (χ1n) is 8.71. The van der Waals surface area contributed by atoms with Crippen molar-refractivity contribution in [3.63, 3.8) is 0 Å². The van der Waals surface area contributed by atoms with E-state index in [0.29, 0.717) is 5.95 Å². The summed E-state index contributed by atoms with van der Waals surface area (Å²) in [4.78, 5) is 14.0. The highest BCUT2D eigenvalue weighted by Crippen LogP contribution is 2.34. The molecule has 0 spiro atoms. The van der Waals surface area contributed by atoms with Crippen LogP contribution in [0.25, 0.3) is 0 Å². The zero-order chi connectivity index (χ0) is 17.2. The minimum atomic E-state index is 0.271. The van der Waals surface area contributed by atoms with Gasteiger partial charge in [0.1, 0.15) is 5.82 Å². The minimum Gasteiger partial charge on any atom is -0.454 e. The van der Waals surface area contributed by atoms with Crippen LogP contribution >= 0.6 is 0 Å². The molecule has 1 aromatic carbocycles. The molecule has 0 saturated carbocycles. The Morgan fingerprint density at radius 2 is 1.84 bits per heavy atom. The number of fused-ring (bicyclic) bond motifs is 1. The van der Waals surface area contributed by atoms with Crippen molar-refractivity contribution in [2.45, 2.75) is 13.8 Å². The van der Waals surface area contributed by atoms with Crippen LogP contribution in [0, 0.1) is 6.92 Å². The largest absolute Gasteiger partial charge is 0.454 e. The fourth-order valence-electron chi connectivity index (χ4n) is 3.17. The molecule has 0 aliphatic carbocycles. The SMILES string of the molecule is CCN1CCN(c2cc(C)nc(Nc3ccc4c(c3)OCO4)n2)CC1. The molecule has 1 N–H and O–H groups in total. The lowest BCUT2D eigenvalue weighted by Crippen LogP contribution is -2.46. The summed E-state index contributed by atoms with van der Waals surface area (Å²) in [6.07, 6.45) is 0. The molecule has 0 atom stereocenters. The molecule has 2 aliphatic rings. The van der Waals surface area contributed by atoms with E-state index in [9.17, 15) is 0 Å². The molecule has 0 unspecified atom stereocenters. The van der Waals surface area contributed by atoms with Gasteiger partial charge in [-0.1, -0.05) is 6.92 Å². The number of benzene rings is 1. The molecule has 2 aromatic rings. The molecule has 0 radical (unpaired) electrons. The second kappa shape index (κ2) is 6.76. The molecule has 7 heteroatoms. The molecule has 3 heterocycles. The number of hydrogen-bond donors (Lipinski definition) is 1. The Bertz CT molecular complexity index is 759. The van der Waals surface area contributed by atoms with Crippen LogP contribution in [0.2, 0.25) is 0 Å². The molecule has 0 amide bonds. The van der Waals surface area contributed by atoms with Crippen LogP contribution in [-0.2, 0) is 0 Å². The van der Waals surface area contributed by atoms with Gasteiger partial charge in [0.25, 0.3) is 0 Å². The standard InChI is InChI=1S/C18H23N5O2/c1-3-22-6-8-23(9-7-22)17-10-13(2)19-18(21-17)20-14-4-5-15-16(11-14)25-12-24-15/h4-5,10-11H,3,6-9,12H2,1-2H3,(H,19,20,21). The molecule has 1 fully saturated rings. The van der Waals surface area contributed by atoms with Crippen LogP contribution in [0.3, 0.4) is 0 Å². The summed E-state index contributed by atoms with van der Waals surface area (Å²) in [5.41, 5.74) is 1.84. The summed E-state index contributed by atoms with van der Waals surface area (Å²) in [7, 11) is 0. The lowest BCUT2D eigenvalue weighted by atomic mass is 10.3. The summed E-state index contributed by atoms with van der Waals surface area (Å²) in [6, 6.07) is 7.80. The van der Waals surface area contributed by atoms with Gasteiger partial charge in [-0.05, 0) is 25.6 Å². The van der Waals surface area contributed by atoms with Crippen molar-refractivity contribution in [2.24, 2.45) is 0 Å². The maximum absolute atomic E-state index is 5.42. The fraction of sp³-hybridized carbons (Fsp3) is 0.444. The lowest BCUT2D eigenvalue weighted by molar-refractivity contribution is 0.174. The highest BCUT2D eigenvalue weighted by atomic mass is 16.7. The first-order chi connectivity index (χ1) is 12.2. The number of aromatic nitrogens is 2. The molecule has 4 rings (SSSR count). The van der Waals surface area contributed by atoms with Gasteiger partial charge < -0.3 is 24.6 Å². The number of hydrogen-bond acceptors (Lipinski definition) is 7. The van der Waals surface area contributed by atoms with E-state index in [4.69, 9.17) is 14.5 Å². The highest BCUT2D eigenvalue weighted by molar-refractivity contribution is 5.61. The van der Waals surface area contributed by atoms with Gasteiger partial charge in [-0.25, -0.2) is 4.98 Å². The topological polar surface area (TPSA) is 62.8 Å². The fourth-order valence-corrected chi connectivity index (χ4v) is 3.17. The van der Waals surface area contributed by atoms with Gasteiger partial charge in [-0.2, -0.15) is 4.98 Å². The molecule has 7 nitrogen and oxygen atoms in total. The predicted octanol–water partition coefficient (Wildman–Crippen LogP) is 2.40. The number of rotatable bonds is 4. The van der Waals surface area contributed by atoms with Crippen LogP contribution < -0.4 is 19.7 Å². The first kappa shape index (κ1) is 16.0. The third-order valence-electron chi connectivity index (χ3n) is 4.61. The number of nitrogens with one attached hydrogen (secondary N) is 1. The van der Waals surface area contributed by atoms with Crippen molar-refractivity contribution in [2.75, 3.05) is 49.7 Å². The van der Waals surface area contributed by atoms with Crippen LogP contribution in [0.15, 0.2) is 24.3 Å². The summed E-state index contributed by atoms with van der Waals surface area (Å²) < 4.78 is 10.8. The Kier molecular flexibility index (Phi) is 4.31. The molecule has 132 valence electrons. The van der Waals surface area contributed by atoms with Crippen molar-refractivity contribution < 1.29 is 9.47 Å². The van der Waals surface area contributed by atoms with Gasteiger partial charge >= 0.3 is 0 Å². The summed E-state index contributed by atoms with van der Waals surface area (Å²) in [5, 5.41) is 3.28. The predicted molar refractivity (Wildman–Crippen MR) is 96.9 cm³/mol. The van der Waals surface area contributed by atoms with Crippen LogP contribution in [0.5, 0.6) is 11.5 Å². The highest BCUT2D eigenvalue weighted by Gasteiger charge is 2.18. The molecule has 25 heavy (non-hydrogen) atoms. The van der Waals surface area contributed by atoms with Crippen molar-refractivity contribution in [1.82, 2.24) is 14.9 Å². The van der Waals surface area contributed by atoms with Gasteiger partial charge in [-0.15, -0.1) is 0 Å². The minimum absolute atomic E-state index is 0.271. The number of ether oxygens (including phenoxy) is 2. The van der Waals surface area contributed by atoms with E-state index in [1.165, 1.54) is 0 Å². The second-order valence-electron chi connectivity index (χ2n) is 6.31. The number of likely N-dealkylation sites (N-methyl/N-ethyl adjacent to an activating group) is 1. The van der Waals surface area contributed by atoms with Crippen molar-refractivity contribution >= 4 is 17.5 Å². The third kappa shape index (κ3) is 3.46. The van der Waals surface area contributed by atoms with E-state index in [2.05, 4.69) is 27.0 Å². The maximum atomic E-state index is 5.42. The van der Waals surface area contributed by atoms with Crippen molar-refractivity contribution in [1.29, 1.82) is 0 Å². The molecule has 2 aliphatic heterocycles. The zero-order valence-corrected chi connectivity index (χ0v) is 14.7. The molecular formula is C18H23N5O2. The van der Waals surface area contributed by atoms with Crippen LogP contribution in [-0.4, -0.2) is 54.4 Å². The van der Waals surface area contributed by atoms with Crippen LogP contribution in [0.4, 0.5) is 17.5 Å². The molecule has 1 aromatic heterocycles. The van der Waals surface area contributed by atoms with E-state index in [1.54, 1.807) is 0 Å². The number of nitrogens with zero attached hydrogens (tertiary/aromatic N) is 4. The van der Waals surface area contributed by atoms with Crippen molar-refractivity contribution in [3.8, 4) is 11.5 Å². The zero-order valence-electron chi connectivity index (χ0n) is 14.7. The third-order valence-corrected chi connectivity index (χ3v) is 4.61. The van der Waals surface area contributed by atoms with Gasteiger partial charge in [0, 0.05) is 49.7 Å². The average Bonchev–Trinajstić information content (AvgIpc) is 3.09. The molecule has 1 saturated heterocycles. The Labute approximate surface area is 147 Å². The van der Waals surface area contributed by atoms with Gasteiger partial charge in [0.2, 0.25) is 12.7 Å². The molecular weight excluding hydrogens is 318 g/mol. The first-order valence-corrected chi connectivity index (χ1v) is 8.71. The number of piperazine rings is 1. The monoisotopic (exact) mass is 341 g/mol. The van der Waals surface area contributed by atoms with E-state index in [1.807, 2.05) is 31.2 Å². The van der Waals surface area contributed by atoms with Gasteiger partial charge in [0.05, 0.1) is 0 Å². The van der Waals surface area contributed by atoms with Gasteiger partial charge in [-0.3, -0.25) is 0 Å². The van der Waals surface area contributed by atoms with E-state index in [0.717, 1.165) is 61.4 Å². The van der Waals surface area contributed by atoms with E-state index in [-0.39, 0.29) is 6.79 Å². The normalized spacial score (nSPS) is 17.0. The summed E-state index contributed by atoms with van der Waals surface area (Å²) in [6.45, 7) is 9.72. The Balaban J connectivity index is 1.52. The number of aryl methyl sites for hydroxylation is 1. The quantitative estimate of drug-likeness (QED) is 0.916. The van der Waals surface area contributed by atoms with E-state index < -0.39 is 0 Å². The van der Waals surface area contributed by atoms with E-state index >= 15 is 0 Å². The van der Waals surface area contributed by atoms with Crippen LogP contribution in [0.1, 0.15) is 12.6 Å². The second-order valence-corrected chi connectivity index (χ2v) is 6.31. The average molecular weight is 341 g/mol. The Morgan fingerprint density at radius 1 is 1.04 bits per heavy atom. The van der Waals surface area contributed by atoms with Crippen molar-refractivity contribution in [3.05, 3.63) is 30.0 Å². The Hall–Kier alpha value is -2.54. The Morgan fingerprint density at radius 3 is 2.64 bits per heavy atom. The summed E-state index contributed by atoms with van der Waals surface area (Å²) in [5.74, 6) is 3.09. The number of anilines is 3. The van der Waals surface area contributed by atoms with Gasteiger partial charge in [0.15, 0.2) is 11.5 Å². The lowest BCUT2D eigenvalue weighted by Gasteiger charge is -2.34. The maximum Gasteiger partial charge on any atom is 0.231 e. The summed E-state index contributed by atoms with van der Waals surface area (Å²) >= 11 is 0. The molecule has 0 bridgehead atoms.